The molecule has 1 aliphatic rings. The van der Waals surface area contributed by atoms with Crippen molar-refractivity contribution in [1.82, 2.24) is 0 Å². The minimum atomic E-state index is -0.294. The Bertz CT molecular complexity index is 498. The first-order valence-electron chi connectivity index (χ1n) is 7.69. The van der Waals surface area contributed by atoms with E-state index in [1.807, 2.05) is 13.8 Å². The van der Waals surface area contributed by atoms with E-state index < -0.39 is 0 Å². The predicted molar refractivity (Wildman–Crippen MR) is 90.6 cm³/mol. The van der Waals surface area contributed by atoms with E-state index >= 15 is 0 Å². The fraction of sp³-hybridized carbons (Fsp3) is 0.368. The van der Waals surface area contributed by atoms with Crippen LogP contribution in [0, 0.1) is 5.82 Å². The molecule has 2 heteroatoms. The fourth-order valence-electron chi connectivity index (χ4n) is 1.90. The largest absolute Gasteiger partial charge is 0.207 e. The molecule has 0 bridgehead atoms. The second-order valence-corrected chi connectivity index (χ2v) is 5.25. The Hall–Kier alpha value is -1.34. The van der Waals surface area contributed by atoms with Crippen molar-refractivity contribution >= 4 is 11.6 Å². The molecule has 0 saturated heterocycles. The summed E-state index contributed by atoms with van der Waals surface area (Å²) < 4.78 is 12.1. The van der Waals surface area contributed by atoms with Crippen LogP contribution in [-0.4, -0.2) is 0 Å². The molecule has 0 amide bonds. The number of halogens is 2. The summed E-state index contributed by atoms with van der Waals surface area (Å²) in [4.78, 5) is 0. The monoisotopic (exact) mass is 306 g/mol. The molecule has 2 aromatic carbocycles. The molecule has 0 N–H and O–H groups in total. The van der Waals surface area contributed by atoms with Gasteiger partial charge in [-0.05, 0) is 54.5 Å². The Labute approximate surface area is 133 Å². The van der Waals surface area contributed by atoms with Crippen molar-refractivity contribution in [3.05, 3.63) is 70.5 Å². The van der Waals surface area contributed by atoms with Crippen LogP contribution in [-0.2, 0) is 6.42 Å². The van der Waals surface area contributed by atoms with Crippen molar-refractivity contribution in [2.75, 3.05) is 0 Å². The lowest BCUT2D eigenvalue weighted by atomic mass is 10.1. The molecular weight excluding hydrogens is 283 g/mol. The van der Waals surface area contributed by atoms with Gasteiger partial charge in [-0.1, -0.05) is 62.7 Å². The molecule has 0 atom stereocenters. The van der Waals surface area contributed by atoms with Crippen molar-refractivity contribution in [1.29, 1.82) is 0 Å². The zero-order chi connectivity index (χ0) is 15.7. The van der Waals surface area contributed by atoms with Gasteiger partial charge >= 0.3 is 0 Å². The molecule has 0 heterocycles. The lowest BCUT2D eigenvalue weighted by Gasteiger charge is -1.98. The Morgan fingerprint density at radius 1 is 1.05 bits per heavy atom. The van der Waals surface area contributed by atoms with Gasteiger partial charge in [-0.15, -0.1) is 0 Å². The average molecular weight is 307 g/mol. The Balaban J connectivity index is 0.000000196. The summed E-state index contributed by atoms with van der Waals surface area (Å²) in [5.41, 5.74) is 3.00. The first-order chi connectivity index (χ1) is 10.2. The second-order valence-electron chi connectivity index (χ2n) is 4.81. The third-order valence-electron chi connectivity index (χ3n) is 3.22. The van der Waals surface area contributed by atoms with Gasteiger partial charge in [0.05, 0.1) is 0 Å². The molecule has 0 aromatic heterocycles. The van der Waals surface area contributed by atoms with Crippen LogP contribution in [0.3, 0.4) is 0 Å². The molecule has 1 saturated carbocycles. The maximum Gasteiger partial charge on any atom is 0.124 e. The normalized spacial score (nSPS) is 12.6. The average Bonchev–Trinajstić information content (AvgIpc) is 3.35. The smallest absolute Gasteiger partial charge is 0.124 e. The highest BCUT2D eigenvalue weighted by Gasteiger charge is 2.22. The quantitative estimate of drug-likeness (QED) is 0.584. The van der Waals surface area contributed by atoms with Gasteiger partial charge in [-0.2, -0.15) is 0 Å². The Kier molecular flexibility index (Phi) is 8.07. The summed E-state index contributed by atoms with van der Waals surface area (Å²) in [6, 6.07) is 14.9. The molecule has 21 heavy (non-hydrogen) atoms. The highest BCUT2D eigenvalue weighted by Crippen LogP contribution is 2.39. The predicted octanol–water partition coefficient (Wildman–Crippen LogP) is 6.63. The minimum absolute atomic E-state index is 0.294. The van der Waals surface area contributed by atoms with Crippen molar-refractivity contribution in [3.8, 4) is 0 Å². The van der Waals surface area contributed by atoms with Crippen LogP contribution < -0.4 is 0 Å². The molecule has 0 spiro atoms. The van der Waals surface area contributed by atoms with Crippen LogP contribution in [0.25, 0.3) is 0 Å². The second kappa shape index (κ2) is 9.57. The molecule has 0 radical (unpaired) electrons. The van der Waals surface area contributed by atoms with E-state index in [1.165, 1.54) is 30.5 Å². The maximum absolute atomic E-state index is 12.1. The Morgan fingerprint density at radius 2 is 1.67 bits per heavy atom. The summed E-state index contributed by atoms with van der Waals surface area (Å²) in [6.45, 7) is 6.20. The van der Waals surface area contributed by atoms with Crippen LogP contribution in [0.2, 0.25) is 5.02 Å². The zero-order valence-electron chi connectivity index (χ0n) is 13.1. The number of hydrogen-bond donors (Lipinski definition) is 0. The van der Waals surface area contributed by atoms with Crippen LogP contribution in [0.5, 0.6) is 0 Å². The van der Waals surface area contributed by atoms with Crippen LogP contribution in [0.4, 0.5) is 4.39 Å². The lowest BCUT2D eigenvalue weighted by molar-refractivity contribution is 0.628. The van der Waals surface area contributed by atoms with E-state index in [1.54, 1.807) is 17.7 Å². The number of rotatable bonds is 2. The van der Waals surface area contributed by atoms with Crippen molar-refractivity contribution in [2.45, 2.75) is 46.0 Å². The maximum atomic E-state index is 12.1. The molecular formula is C19H24ClF. The van der Waals surface area contributed by atoms with Gasteiger partial charge in [-0.3, -0.25) is 0 Å². The molecule has 2 aromatic rings. The van der Waals surface area contributed by atoms with Crippen LogP contribution in [0.1, 0.15) is 50.7 Å². The van der Waals surface area contributed by atoms with E-state index in [9.17, 15) is 4.39 Å². The van der Waals surface area contributed by atoms with Gasteiger partial charge in [0.25, 0.3) is 0 Å². The lowest BCUT2D eigenvalue weighted by Crippen LogP contribution is -1.81. The molecule has 114 valence electrons. The molecule has 0 aliphatic heterocycles. The van der Waals surface area contributed by atoms with Gasteiger partial charge < -0.3 is 0 Å². The van der Waals surface area contributed by atoms with Crippen LogP contribution in [0.15, 0.2) is 48.5 Å². The number of aryl methyl sites for hydroxylation is 1. The Morgan fingerprint density at radius 3 is 2.05 bits per heavy atom. The van der Waals surface area contributed by atoms with E-state index in [-0.39, 0.29) is 5.82 Å². The topological polar surface area (TPSA) is 0 Å². The van der Waals surface area contributed by atoms with Crippen LogP contribution >= 0.6 is 11.6 Å². The summed E-state index contributed by atoms with van der Waals surface area (Å²) in [7, 11) is 0. The third kappa shape index (κ3) is 6.77. The van der Waals surface area contributed by atoms with E-state index in [4.69, 9.17) is 11.6 Å². The van der Waals surface area contributed by atoms with Crippen molar-refractivity contribution in [3.63, 3.8) is 0 Å². The van der Waals surface area contributed by atoms with Gasteiger partial charge in [0.15, 0.2) is 0 Å². The highest BCUT2D eigenvalue weighted by atomic mass is 35.5. The molecule has 1 fully saturated rings. The molecule has 1 aliphatic carbocycles. The van der Waals surface area contributed by atoms with E-state index in [0.717, 1.165) is 12.3 Å². The van der Waals surface area contributed by atoms with Crippen molar-refractivity contribution in [2.24, 2.45) is 0 Å². The van der Waals surface area contributed by atoms with E-state index in [0.29, 0.717) is 5.02 Å². The highest BCUT2D eigenvalue weighted by molar-refractivity contribution is 6.30. The van der Waals surface area contributed by atoms with E-state index in [2.05, 4.69) is 31.2 Å². The van der Waals surface area contributed by atoms with Gasteiger partial charge in [-0.25, -0.2) is 4.39 Å². The number of benzene rings is 2. The van der Waals surface area contributed by atoms with Gasteiger partial charge in [0.2, 0.25) is 0 Å². The summed E-state index contributed by atoms with van der Waals surface area (Å²) in [5.74, 6) is 0.610. The third-order valence-corrected chi connectivity index (χ3v) is 3.46. The fourth-order valence-corrected chi connectivity index (χ4v) is 2.08. The van der Waals surface area contributed by atoms with Gasteiger partial charge in [0, 0.05) is 5.02 Å². The molecule has 3 rings (SSSR count). The summed E-state index contributed by atoms with van der Waals surface area (Å²) >= 11 is 5.40. The van der Waals surface area contributed by atoms with Crippen molar-refractivity contribution < 1.29 is 4.39 Å². The van der Waals surface area contributed by atoms with Gasteiger partial charge in [0.1, 0.15) is 5.82 Å². The first-order valence-corrected chi connectivity index (χ1v) is 8.06. The standard InChI is InChI=1S/C11H14.C6H4ClF.C2H6/c1-2-9-3-5-10(6-4-9)11-7-8-11;7-5-2-1-3-6(8)4-5;1-2/h3-6,11H,2,7-8H2,1H3;1-4H;1-2H3. The molecule has 0 nitrogen and oxygen atoms in total. The zero-order valence-corrected chi connectivity index (χ0v) is 13.8. The minimum Gasteiger partial charge on any atom is -0.207 e. The number of hydrogen-bond acceptors (Lipinski definition) is 0. The molecule has 0 unspecified atom stereocenters. The SMILES string of the molecule is CC.CCc1ccc(C2CC2)cc1.Fc1cccc(Cl)c1. The summed E-state index contributed by atoms with van der Waals surface area (Å²) in [6.07, 6.45) is 3.97. The summed E-state index contributed by atoms with van der Waals surface area (Å²) in [5, 5.41) is 0.435. The first kappa shape index (κ1) is 17.7.